The summed E-state index contributed by atoms with van der Waals surface area (Å²) in [5, 5.41) is 29.3. The molecular formula is C12H10N6O3S. The Labute approximate surface area is 127 Å². The van der Waals surface area contributed by atoms with E-state index in [9.17, 15) is 14.9 Å². The molecule has 3 aromatic rings. The van der Waals surface area contributed by atoms with Gasteiger partial charge in [0.05, 0.1) is 10.4 Å². The smallest absolute Gasteiger partial charge is 0.278 e. The first-order valence-electron chi connectivity index (χ1n) is 6.34. The monoisotopic (exact) mass is 318 g/mol. The number of H-pyrrole nitrogens is 1. The number of fused-ring (bicyclic) bond motifs is 1. The molecule has 0 fully saturated rings. The third-order valence-electron chi connectivity index (χ3n) is 2.96. The fourth-order valence-corrected chi connectivity index (χ4v) is 2.57. The number of aryl methyl sites for hydroxylation is 1. The van der Waals surface area contributed by atoms with Gasteiger partial charge >= 0.3 is 0 Å². The first kappa shape index (κ1) is 14.1. The van der Waals surface area contributed by atoms with Gasteiger partial charge in [-0.25, -0.2) is 0 Å². The van der Waals surface area contributed by atoms with Crippen molar-refractivity contribution in [3.05, 3.63) is 39.0 Å². The van der Waals surface area contributed by atoms with Crippen LogP contribution in [0.15, 0.2) is 18.2 Å². The second-order valence-corrected chi connectivity index (χ2v) is 5.43. The van der Waals surface area contributed by atoms with E-state index in [0.29, 0.717) is 16.0 Å². The number of aromatic amines is 1. The predicted octanol–water partition coefficient (Wildman–Crippen LogP) is 2.14. The van der Waals surface area contributed by atoms with E-state index < -0.39 is 10.8 Å². The minimum atomic E-state index is -0.521. The standard InChI is InChI=1S/C12H10N6O3S/c1-2-9-15-17-12(22-9)13-11(19)10-7-5-6(18(20)21)3-4-8(7)14-16-10/h3-5H,2H2,1H3,(H,14,16)(H,13,17,19). The van der Waals surface area contributed by atoms with Gasteiger partial charge in [0.15, 0.2) is 5.69 Å². The minimum absolute atomic E-state index is 0.0759. The number of nitrogens with one attached hydrogen (secondary N) is 2. The Kier molecular flexibility index (Phi) is 3.51. The fourth-order valence-electron chi connectivity index (χ4n) is 1.89. The van der Waals surface area contributed by atoms with Crippen LogP contribution in [0, 0.1) is 10.1 Å². The van der Waals surface area contributed by atoms with Gasteiger partial charge in [-0.15, -0.1) is 10.2 Å². The Morgan fingerprint density at radius 3 is 2.95 bits per heavy atom. The average molecular weight is 318 g/mol. The zero-order chi connectivity index (χ0) is 15.7. The number of hydrogen-bond donors (Lipinski definition) is 2. The summed E-state index contributed by atoms with van der Waals surface area (Å²) in [6.45, 7) is 1.94. The highest BCUT2D eigenvalue weighted by molar-refractivity contribution is 7.15. The molecule has 1 amide bonds. The number of nitrogens with zero attached hydrogens (tertiary/aromatic N) is 4. The molecule has 112 valence electrons. The van der Waals surface area contributed by atoms with Crippen molar-refractivity contribution in [1.29, 1.82) is 0 Å². The van der Waals surface area contributed by atoms with Crippen LogP contribution in [0.5, 0.6) is 0 Å². The van der Waals surface area contributed by atoms with Crippen LogP contribution in [0.1, 0.15) is 22.4 Å². The summed E-state index contributed by atoms with van der Waals surface area (Å²) in [5.41, 5.74) is 0.515. The normalized spacial score (nSPS) is 10.8. The Balaban J connectivity index is 1.93. The van der Waals surface area contributed by atoms with Gasteiger partial charge in [0.1, 0.15) is 5.01 Å². The van der Waals surface area contributed by atoms with Crippen LogP contribution in [0.4, 0.5) is 10.8 Å². The predicted molar refractivity (Wildman–Crippen MR) is 80.0 cm³/mol. The van der Waals surface area contributed by atoms with Gasteiger partial charge in [-0.3, -0.25) is 25.3 Å². The Bertz CT molecular complexity index is 871. The van der Waals surface area contributed by atoms with E-state index in [2.05, 4.69) is 25.7 Å². The summed E-state index contributed by atoms with van der Waals surface area (Å²) in [7, 11) is 0. The zero-order valence-electron chi connectivity index (χ0n) is 11.4. The third kappa shape index (κ3) is 2.51. The number of nitro groups is 1. The molecule has 0 saturated heterocycles. The second-order valence-electron chi connectivity index (χ2n) is 4.37. The Hall–Kier alpha value is -2.88. The molecule has 0 aliphatic carbocycles. The maximum Gasteiger partial charge on any atom is 0.278 e. The average Bonchev–Trinajstić information content (AvgIpc) is 3.12. The van der Waals surface area contributed by atoms with Crippen LogP contribution >= 0.6 is 11.3 Å². The topological polar surface area (TPSA) is 127 Å². The van der Waals surface area contributed by atoms with Gasteiger partial charge < -0.3 is 0 Å². The summed E-state index contributed by atoms with van der Waals surface area (Å²) in [4.78, 5) is 22.6. The maximum atomic E-state index is 12.2. The number of amides is 1. The quantitative estimate of drug-likeness (QED) is 0.560. The SMILES string of the molecule is CCc1nnc(NC(=O)c2n[nH]c3ccc([N+](=O)[O-])cc23)s1. The lowest BCUT2D eigenvalue weighted by Crippen LogP contribution is -2.12. The van der Waals surface area contributed by atoms with Crippen LogP contribution < -0.4 is 5.32 Å². The van der Waals surface area contributed by atoms with Crippen LogP contribution in [0.25, 0.3) is 10.9 Å². The molecule has 3 rings (SSSR count). The molecular weight excluding hydrogens is 308 g/mol. The summed E-state index contributed by atoms with van der Waals surface area (Å²) in [6, 6.07) is 4.17. The van der Waals surface area contributed by atoms with Crippen LogP contribution in [0.2, 0.25) is 0 Å². The molecule has 0 saturated carbocycles. The molecule has 1 aromatic carbocycles. The highest BCUT2D eigenvalue weighted by Gasteiger charge is 2.18. The molecule has 9 nitrogen and oxygen atoms in total. The highest BCUT2D eigenvalue weighted by atomic mass is 32.1. The third-order valence-corrected chi connectivity index (χ3v) is 3.95. The molecule has 0 spiro atoms. The van der Waals surface area contributed by atoms with Gasteiger partial charge in [-0.1, -0.05) is 18.3 Å². The van der Waals surface area contributed by atoms with Crippen molar-refractivity contribution in [2.24, 2.45) is 0 Å². The first-order valence-corrected chi connectivity index (χ1v) is 7.16. The summed E-state index contributed by atoms with van der Waals surface area (Å²) in [5.74, 6) is -0.495. The number of anilines is 1. The molecule has 2 N–H and O–H groups in total. The van der Waals surface area contributed by atoms with Crippen molar-refractivity contribution in [2.45, 2.75) is 13.3 Å². The zero-order valence-corrected chi connectivity index (χ0v) is 12.2. The Morgan fingerprint density at radius 2 is 2.27 bits per heavy atom. The van der Waals surface area contributed by atoms with Crippen molar-refractivity contribution in [1.82, 2.24) is 20.4 Å². The van der Waals surface area contributed by atoms with E-state index in [1.807, 2.05) is 6.92 Å². The number of rotatable bonds is 4. The van der Waals surface area contributed by atoms with Gasteiger partial charge in [-0.2, -0.15) is 5.10 Å². The number of non-ortho nitro benzene ring substituents is 1. The van der Waals surface area contributed by atoms with E-state index in [1.54, 1.807) is 0 Å². The summed E-state index contributed by atoms with van der Waals surface area (Å²) >= 11 is 1.27. The molecule has 0 aliphatic rings. The molecule has 22 heavy (non-hydrogen) atoms. The van der Waals surface area contributed by atoms with Crippen molar-refractivity contribution in [3.8, 4) is 0 Å². The number of carbonyl (C=O) groups excluding carboxylic acids is 1. The first-order chi connectivity index (χ1) is 10.6. The van der Waals surface area contributed by atoms with Crippen molar-refractivity contribution in [2.75, 3.05) is 5.32 Å². The molecule has 0 aliphatic heterocycles. The molecule has 0 bridgehead atoms. The van der Waals surface area contributed by atoms with E-state index in [1.165, 1.54) is 29.5 Å². The van der Waals surface area contributed by atoms with E-state index in [-0.39, 0.29) is 11.4 Å². The van der Waals surface area contributed by atoms with Gasteiger partial charge in [-0.05, 0) is 12.5 Å². The molecule has 10 heteroatoms. The number of hydrogen-bond acceptors (Lipinski definition) is 7. The maximum absolute atomic E-state index is 12.2. The minimum Gasteiger partial charge on any atom is -0.295 e. The van der Waals surface area contributed by atoms with Gasteiger partial charge in [0.25, 0.3) is 11.6 Å². The van der Waals surface area contributed by atoms with Crippen molar-refractivity contribution < 1.29 is 9.72 Å². The number of carbonyl (C=O) groups is 1. The Morgan fingerprint density at radius 1 is 1.45 bits per heavy atom. The van der Waals surface area contributed by atoms with E-state index >= 15 is 0 Å². The van der Waals surface area contributed by atoms with Crippen molar-refractivity contribution >= 4 is 39.0 Å². The fraction of sp³-hybridized carbons (Fsp3) is 0.167. The highest BCUT2D eigenvalue weighted by Crippen LogP contribution is 2.23. The summed E-state index contributed by atoms with van der Waals surface area (Å²) < 4.78 is 0. The molecule has 2 aromatic heterocycles. The van der Waals surface area contributed by atoms with Gasteiger partial charge in [0, 0.05) is 17.5 Å². The molecule has 0 atom stereocenters. The number of benzene rings is 1. The lowest BCUT2D eigenvalue weighted by Gasteiger charge is -1.98. The molecule has 0 unspecified atom stereocenters. The van der Waals surface area contributed by atoms with Crippen LogP contribution in [0.3, 0.4) is 0 Å². The van der Waals surface area contributed by atoms with E-state index in [0.717, 1.165) is 11.4 Å². The molecule has 2 heterocycles. The van der Waals surface area contributed by atoms with Gasteiger partial charge in [0.2, 0.25) is 5.13 Å². The number of aromatic nitrogens is 4. The lowest BCUT2D eigenvalue weighted by atomic mass is 10.2. The van der Waals surface area contributed by atoms with Crippen LogP contribution in [-0.2, 0) is 6.42 Å². The summed E-state index contributed by atoms with van der Waals surface area (Å²) in [6.07, 6.45) is 0.727. The molecule has 0 radical (unpaired) electrons. The lowest BCUT2D eigenvalue weighted by molar-refractivity contribution is -0.384. The van der Waals surface area contributed by atoms with Crippen molar-refractivity contribution in [3.63, 3.8) is 0 Å². The number of nitro benzene ring substituents is 1. The largest absolute Gasteiger partial charge is 0.295 e. The van der Waals surface area contributed by atoms with E-state index in [4.69, 9.17) is 0 Å². The van der Waals surface area contributed by atoms with Crippen LogP contribution in [-0.4, -0.2) is 31.2 Å². The second kappa shape index (κ2) is 5.48.